The molecular weight excluding hydrogens is 340 g/mol. The van der Waals surface area contributed by atoms with E-state index >= 15 is 0 Å². The number of hydrogen-bond donors (Lipinski definition) is 1. The second kappa shape index (κ2) is 8.80. The third-order valence-electron chi connectivity index (χ3n) is 5.07. The predicted octanol–water partition coefficient (Wildman–Crippen LogP) is 4.18. The molecule has 0 saturated carbocycles. The Morgan fingerprint density at radius 3 is 2.26 bits per heavy atom. The van der Waals surface area contributed by atoms with Crippen LogP contribution in [0.1, 0.15) is 30.4 Å². The second-order valence-electron chi connectivity index (χ2n) is 6.95. The molecular formula is C22H28N2O3. The van der Waals surface area contributed by atoms with E-state index < -0.39 is 0 Å². The molecule has 0 unspecified atom stereocenters. The maximum atomic E-state index is 12.5. The normalized spacial score (nSPS) is 14.0. The first-order valence-electron chi connectivity index (χ1n) is 9.47. The topological polar surface area (TPSA) is 50.8 Å². The van der Waals surface area contributed by atoms with Crippen LogP contribution in [-0.2, 0) is 11.2 Å². The van der Waals surface area contributed by atoms with E-state index in [1.165, 1.54) is 24.9 Å². The van der Waals surface area contributed by atoms with E-state index in [0.717, 1.165) is 29.9 Å². The molecule has 1 N–H and O–H groups in total. The van der Waals surface area contributed by atoms with Crippen LogP contribution in [0.3, 0.4) is 0 Å². The number of nitrogens with zero attached hydrogens (tertiary/aromatic N) is 1. The zero-order valence-electron chi connectivity index (χ0n) is 16.4. The van der Waals surface area contributed by atoms with Gasteiger partial charge in [-0.1, -0.05) is 0 Å². The van der Waals surface area contributed by atoms with Gasteiger partial charge in [0.2, 0.25) is 5.91 Å². The Hall–Kier alpha value is -2.69. The summed E-state index contributed by atoms with van der Waals surface area (Å²) in [6.45, 7) is 4.20. The molecule has 0 spiro atoms. The number of hydrogen-bond acceptors (Lipinski definition) is 4. The summed E-state index contributed by atoms with van der Waals surface area (Å²) in [7, 11) is 3.21. The van der Waals surface area contributed by atoms with Gasteiger partial charge in [-0.05, 0) is 73.7 Å². The van der Waals surface area contributed by atoms with E-state index in [2.05, 4.69) is 22.3 Å². The molecule has 0 aliphatic carbocycles. The van der Waals surface area contributed by atoms with Crippen molar-refractivity contribution < 1.29 is 14.3 Å². The van der Waals surface area contributed by atoms with Gasteiger partial charge in [0.25, 0.3) is 0 Å². The Kier molecular flexibility index (Phi) is 6.22. The van der Waals surface area contributed by atoms with Crippen LogP contribution in [-0.4, -0.2) is 33.2 Å². The molecule has 144 valence electrons. The molecule has 3 rings (SSSR count). The number of rotatable bonds is 6. The standard InChI is InChI=1S/C22H28N2O3/c1-16-13-20(26-2)21(27-3)14-17(16)15-22(25)23-18-7-9-19(10-8-18)24-11-5-4-6-12-24/h7-10,13-14H,4-6,11-12,15H2,1-3H3,(H,23,25). The highest BCUT2D eigenvalue weighted by molar-refractivity contribution is 5.92. The van der Waals surface area contributed by atoms with Gasteiger partial charge in [-0.15, -0.1) is 0 Å². The largest absolute Gasteiger partial charge is 0.493 e. The van der Waals surface area contributed by atoms with E-state index in [1.54, 1.807) is 14.2 Å². The molecule has 1 aliphatic rings. The number of nitrogens with one attached hydrogen (secondary N) is 1. The number of amides is 1. The number of aryl methyl sites for hydroxylation is 1. The molecule has 0 radical (unpaired) electrons. The van der Waals surface area contributed by atoms with Crippen LogP contribution in [0, 0.1) is 6.92 Å². The summed E-state index contributed by atoms with van der Waals surface area (Å²) in [6.07, 6.45) is 4.12. The first-order chi connectivity index (χ1) is 13.1. The van der Waals surface area contributed by atoms with Gasteiger partial charge in [-0.2, -0.15) is 0 Å². The number of ether oxygens (including phenoxy) is 2. The van der Waals surface area contributed by atoms with Gasteiger partial charge in [0.05, 0.1) is 20.6 Å². The van der Waals surface area contributed by atoms with Crippen molar-refractivity contribution in [2.45, 2.75) is 32.6 Å². The fourth-order valence-electron chi connectivity index (χ4n) is 3.50. The molecule has 1 aliphatic heterocycles. The van der Waals surface area contributed by atoms with Crippen LogP contribution >= 0.6 is 0 Å². The van der Waals surface area contributed by atoms with Crippen LogP contribution in [0.5, 0.6) is 11.5 Å². The lowest BCUT2D eigenvalue weighted by Crippen LogP contribution is -2.29. The monoisotopic (exact) mass is 368 g/mol. The molecule has 1 heterocycles. The smallest absolute Gasteiger partial charge is 0.228 e. The van der Waals surface area contributed by atoms with E-state index in [-0.39, 0.29) is 5.91 Å². The van der Waals surface area contributed by atoms with E-state index in [4.69, 9.17) is 9.47 Å². The van der Waals surface area contributed by atoms with Gasteiger partial charge < -0.3 is 19.7 Å². The summed E-state index contributed by atoms with van der Waals surface area (Å²) in [5.74, 6) is 1.26. The summed E-state index contributed by atoms with van der Waals surface area (Å²) in [5, 5.41) is 2.98. The highest BCUT2D eigenvalue weighted by Crippen LogP contribution is 2.30. The van der Waals surface area contributed by atoms with Crippen molar-refractivity contribution in [3.05, 3.63) is 47.5 Å². The SMILES string of the molecule is COc1cc(C)c(CC(=O)Nc2ccc(N3CCCCC3)cc2)cc1OC. The van der Waals surface area contributed by atoms with Crippen LogP contribution < -0.4 is 19.7 Å². The third-order valence-corrected chi connectivity index (χ3v) is 5.07. The van der Waals surface area contributed by atoms with Crippen molar-refractivity contribution in [1.29, 1.82) is 0 Å². The van der Waals surface area contributed by atoms with Gasteiger partial charge >= 0.3 is 0 Å². The van der Waals surface area contributed by atoms with Crippen molar-refractivity contribution >= 4 is 17.3 Å². The lowest BCUT2D eigenvalue weighted by molar-refractivity contribution is -0.115. The molecule has 0 bridgehead atoms. The summed E-state index contributed by atoms with van der Waals surface area (Å²) in [4.78, 5) is 14.9. The number of methoxy groups -OCH3 is 2. The Morgan fingerprint density at radius 1 is 1.00 bits per heavy atom. The zero-order chi connectivity index (χ0) is 19.2. The lowest BCUT2D eigenvalue weighted by Gasteiger charge is -2.28. The lowest BCUT2D eigenvalue weighted by atomic mass is 10.0. The minimum Gasteiger partial charge on any atom is -0.493 e. The molecule has 5 nitrogen and oxygen atoms in total. The average Bonchev–Trinajstić information content (AvgIpc) is 2.70. The molecule has 2 aromatic carbocycles. The molecule has 0 aromatic heterocycles. The van der Waals surface area contributed by atoms with Gasteiger partial charge in [-0.3, -0.25) is 4.79 Å². The Balaban J connectivity index is 1.64. The van der Waals surface area contributed by atoms with E-state index in [9.17, 15) is 4.79 Å². The van der Waals surface area contributed by atoms with Crippen molar-refractivity contribution in [3.8, 4) is 11.5 Å². The van der Waals surface area contributed by atoms with Crippen molar-refractivity contribution in [2.24, 2.45) is 0 Å². The van der Waals surface area contributed by atoms with E-state index in [1.807, 2.05) is 31.2 Å². The van der Waals surface area contributed by atoms with Gasteiger partial charge in [0.1, 0.15) is 0 Å². The fraction of sp³-hybridized carbons (Fsp3) is 0.409. The Labute approximate surface area is 161 Å². The molecule has 1 saturated heterocycles. The van der Waals surface area contributed by atoms with Crippen molar-refractivity contribution in [2.75, 3.05) is 37.5 Å². The molecule has 27 heavy (non-hydrogen) atoms. The van der Waals surface area contributed by atoms with Crippen LogP contribution in [0.4, 0.5) is 11.4 Å². The van der Waals surface area contributed by atoms with Crippen LogP contribution in [0.15, 0.2) is 36.4 Å². The zero-order valence-corrected chi connectivity index (χ0v) is 16.4. The maximum Gasteiger partial charge on any atom is 0.228 e. The first kappa shape index (κ1) is 19.1. The van der Waals surface area contributed by atoms with Gasteiger partial charge in [-0.25, -0.2) is 0 Å². The van der Waals surface area contributed by atoms with E-state index in [0.29, 0.717) is 17.9 Å². The second-order valence-corrected chi connectivity index (χ2v) is 6.95. The quantitative estimate of drug-likeness (QED) is 0.831. The number of piperidine rings is 1. The Bertz CT molecular complexity index is 781. The van der Waals surface area contributed by atoms with Crippen LogP contribution in [0.25, 0.3) is 0 Å². The Morgan fingerprint density at radius 2 is 1.63 bits per heavy atom. The minimum absolute atomic E-state index is 0.0453. The summed E-state index contributed by atoms with van der Waals surface area (Å²) >= 11 is 0. The highest BCUT2D eigenvalue weighted by Gasteiger charge is 2.13. The maximum absolute atomic E-state index is 12.5. The minimum atomic E-state index is -0.0453. The molecule has 0 atom stereocenters. The van der Waals surface area contributed by atoms with Gasteiger partial charge in [0.15, 0.2) is 11.5 Å². The number of benzene rings is 2. The predicted molar refractivity (Wildman–Crippen MR) is 109 cm³/mol. The number of carbonyl (C=O) groups is 1. The summed E-state index contributed by atoms with van der Waals surface area (Å²) in [5.41, 5.74) is 3.97. The van der Waals surface area contributed by atoms with Crippen molar-refractivity contribution in [3.63, 3.8) is 0 Å². The first-order valence-corrected chi connectivity index (χ1v) is 9.47. The summed E-state index contributed by atoms with van der Waals surface area (Å²) in [6, 6.07) is 11.9. The average molecular weight is 368 g/mol. The number of carbonyl (C=O) groups excluding carboxylic acids is 1. The van der Waals surface area contributed by atoms with Crippen LogP contribution in [0.2, 0.25) is 0 Å². The number of anilines is 2. The molecule has 1 fully saturated rings. The molecule has 2 aromatic rings. The molecule has 1 amide bonds. The molecule has 5 heteroatoms. The third kappa shape index (κ3) is 4.73. The highest BCUT2D eigenvalue weighted by atomic mass is 16.5. The summed E-state index contributed by atoms with van der Waals surface area (Å²) < 4.78 is 10.6. The van der Waals surface area contributed by atoms with Crippen molar-refractivity contribution in [1.82, 2.24) is 0 Å². The van der Waals surface area contributed by atoms with Gasteiger partial charge in [0, 0.05) is 24.5 Å². The fourth-order valence-corrected chi connectivity index (χ4v) is 3.50.